The Morgan fingerprint density at radius 2 is 1.91 bits per heavy atom. The molecule has 2 aliphatic rings. The van der Waals surface area contributed by atoms with E-state index in [4.69, 9.17) is 15.2 Å². The summed E-state index contributed by atoms with van der Waals surface area (Å²) >= 11 is 0. The molecule has 0 aromatic heterocycles. The Hall–Kier alpha value is -0.810. The Labute approximate surface area is 140 Å². The molecule has 134 valence electrons. The zero-order valence-corrected chi connectivity index (χ0v) is 15.0. The molecule has 0 spiro atoms. The fourth-order valence-corrected chi connectivity index (χ4v) is 3.89. The van der Waals surface area contributed by atoms with Crippen molar-refractivity contribution in [1.29, 1.82) is 0 Å². The predicted molar refractivity (Wildman–Crippen MR) is 91.3 cm³/mol. The maximum absolute atomic E-state index is 12.1. The Morgan fingerprint density at radius 1 is 1.22 bits per heavy atom. The lowest BCUT2D eigenvalue weighted by Crippen LogP contribution is -2.56. The number of carbonyl (C=O) groups is 1. The van der Waals surface area contributed by atoms with Crippen molar-refractivity contribution in [1.82, 2.24) is 4.90 Å². The fraction of sp³-hybridized carbons (Fsp3) is 0.944. The van der Waals surface area contributed by atoms with Gasteiger partial charge in [0.1, 0.15) is 0 Å². The van der Waals surface area contributed by atoms with Gasteiger partial charge in [0.25, 0.3) is 0 Å². The molecule has 1 amide bonds. The van der Waals surface area contributed by atoms with E-state index in [2.05, 4.69) is 13.8 Å². The van der Waals surface area contributed by atoms with Gasteiger partial charge in [0, 0.05) is 12.6 Å². The molecule has 1 aliphatic heterocycles. The molecule has 0 aromatic rings. The van der Waals surface area contributed by atoms with Crippen LogP contribution in [0.1, 0.15) is 59.3 Å². The average molecular weight is 326 g/mol. The van der Waals surface area contributed by atoms with Crippen molar-refractivity contribution in [3.05, 3.63) is 0 Å². The van der Waals surface area contributed by atoms with Gasteiger partial charge in [0.15, 0.2) is 0 Å². The van der Waals surface area contributed by atoms with Crippen LogP contribution in [-0.4, -0.2) is 48.9 Å². The zero-order valence-electron chi connectivity index (χ0n) is 15.0. The molecule has 0 unspecified atom stereocenters. The molecule has 1 saturated heterocycles. The van der Waals surface area contributed by atoms with Crippen LogP contribution in [-0.2, 0) is 9.47 Å². The number of nitrogens with two attached hydrogens (primary N) is 1. The van der Waals surface area contributed by atoms with Gasteiger partial charge >= 0.3 is 6.09 Å². The van der Waals surface area contributed by atoms with E-state index in [1.807, 2.05) is 6.92 Å². The molecule has 1 aliphatic carbocycles. The van der Waals surface area contributed by atoms with E-state index < -0.39 is 0 Å². The van der Waals surface area contributed by atoms with Crippen LogP contribution in [0.2, 0.25) is 0 Å². The summed E-state index contributed by atoms with van der Waals surface area (Å²) in [4.78, 5) is 13.9. The van der Waals surface area contributed by atoms with Crippen molar-refractivity contribution in [3.8, 4) is 0 Å². The van der Waals surface area contributed by atoms with Crippen molar-refractivity contribution in [2.75, 3.05) is 19.8 Å². The van der Waals surface area contributed by atoms with Crippen molar-refractivity contribution < 1.29 is 14.3 Å². The highest BCUT2D eigenvalue weighted by molar-refractivity contribution is 5.68. The van der Waals surface area contributed by atoms with Crippen molar-refractivity contribution in [2.45, 2.75) is 77.5 Å². The van der Waals surface area contributed by atoms with E-state index in [1.54, 1.807) is 4.90 Å². The lowest BCUT2D eigenvalue weighted by atomic mass is 9.80. The van der Waals surface area contributed by atoms with Crippen LogP contribution in [0.25, 0.3) is 0 Å². The van der Waals surface area contributed by atoms with Gasteiger partial charge in [-0.05, 0) is 57.3 Å². The van der Waals surface area contributed by atoms with Crippen molar-refractivity contribution in [2.24, 2.45) is 17.6 Å². The third-order valence-corrected chi connectivity index (χ3v) is 5.50. The van der Waals surface area contributed by atoms with Crippen LogP contribution in [0.3, 0.4) is 0 Å². The highest BCUT2D eigenvalue weighted by Crippen LogP contribution is 2.31. The second-order valence-corrected chi connectivity index (χ2v) is 7.38. The number of rotatable bonds is 5. The number of carbonyl (C=O) groups excluding carboxylic acids is 1. The summed E-state index contributed by atoms with van der Waals surface area (Å²) in [6.45, 7) is 8.11. The molecular weight excluding hydrogens is 292 g/mol. The molecule has 1 saturated carbocycles. The number of piperidine rings is 1. The quantitative estimate of drug-likeness (QED) is 0.843. The summed E-state index contributed by atoms with van der Waals surface area (Å²) in [7, 11) is 0. The maximum atomic E-state index is 12.1. The molecule has 0 aromatic carbocycles. The van der Waals surface area contributed by atoms with Gasteiger partial charge in [-0.2, -0.15) is 0 Å². The molecule has 2 N–H and O–H groups in total. The van der Waals surface area contributed by atoms with E-state index in [0.29, 0.717) is 19.3 Å². The number of likely N-dealkylation sites (tertiary alicyclic amines) is 1. The fourth-order valence-electron chi connectivity index (χ4n) is 3.89. The molecule has 2 rings (SSSR count). The van der Waals surface area contributed by atoms with Gasteiger partial charge in [-0.25, -0.2) is 4.79 Å². The Morgan fingerprint density at radius 3 is 2.52 bits per heavy atom. The largest absolute Gasteiger partial charge is 0.450 e. The second-order valence-electron chi connectivity index (χ2n) is 7.38. The molecule has 5 nitrogen and oxygen atoms in total. The molecule has 0 bridgehead atoms. The van der Waals surface area contributed by atoms with Gasteiger partial charge in [-0.3, -0.25) is 0 Å². The number of hydrogen-bond acceptors (Lipinski definition) is 4. The summed E-state index contributed by atoms with van der Waals surface area (Å²) < 4.78 is 11.3. The van der Waals surface area contributed by atoms with Gasteiger partial charge in [-0.1, -0.05) is 13.8 Å². The van der Waals surface area contributed by atoms with E-state index in [1.165, 1.54) is 12.8 Å². The number of amides is 1. The van der Waals surface area contributed by atoms with Gasteiger partial charge in [-0.15, -0.1) is 0 Å². The molecule has 2 fully saturated rings. The minimum absolute atomic E-state index is 0.0137. The SMILES string of the molecule is CCOC(=O)N1CCC[C@H](N)[C@@H]1COC1CCC(C(C)C)CC1. The first-order valence-corrected chi connectivity index (χ1v) is 9.33. The van der Waals surface area contributed by atoms with Gasteiger partial charge < -0.3 is 20.1 Å². The predicted octanol–water partition coefficient (Wildman–Crippen LogP) is 3.17. The van der Waals surface area contributed by atoms with E-state index in [0.717, 1.165) is 44.1 Å². The minimum atomic E-state index is -0.250. The van der Waals surface area contributed by atoms with Gasteiger partial charge in [0.2, 0.25) is 0 Å². The standard InChI is InChI=1S/C18H34N2O3/c1-4-22-18(21)20-11-5-6-16(19)17(20)12-23-15-9-7-14(8-10-15)13(2)3/h13-17H,4-12,19H2,1-3H3/t14?,15?,16-,17-/m0/s1. The van der Waals surface area contributed by atoms with Crippen molar-refractivity contribution >= 4 is 6.09 Å². The maximum Gasteiger partial charge on any atom is 0.410 e. The molecule has 0 radical (unpaired) electrons. The summed E-state index contributed by atoms with van der Waals surface area (Å²) in [5, 5.41) is 0. The highest BCUT2D eigenvalue weighted by atomic mass is 16.6. The first-order chi connectivity index (χ1) is 11.0. The lowest BCUT2D eigenvalue weighted by Gasteiger charge is -2.40. The monoisotopic (exact) mass is 326 g/mol. The Balaban J connectivity index is 1.83. The van der Waals surface area contributed by atoms with Crippen molar-refractivity contribution in [3.63, 3.8) is 0 Å². The summed E-state index contributed by atoms with van der Waals surface area (Å²) in [6, 6.07) is -0.0641. The summed E-state index contributed by atoms with van der Waals surface area (Å²) in [6.07, 6.45) is 6.72. The number of hydrogen-bond donors (Lipinski definition) is 1. The van der Waals surface area contributed by atoms with E-state index in [-0.39, 0.29) is 18.2 Å². The molecule has 2 atom stereocenters. The third kappa shape index (κ3) is 5.08. The zero-order chi connectivity index (χ0) is 16.8. The normalized spacial score (nSPS) is 32.1. The van der Waals surface area contributed by atoms with Crippen LogP contribution in [0.4, 0.5) is 4.79 Å². The topological polar surface area (TPSA) is 64.8 Å². The summed E-state index contributed by atoms with van der Waals surface area (Å²) in [5.41, 5.74) is 6.25. The molecule has 5 heteroatoms. The molecule has 23 heavy (non-hydrogen) atoms. The Kier molecular flexibility index (Phi) is 7.15. The second kappa shape index (κ2) is 8.88. The molecular formula is C18H34N2O3. The third-order valence-electron chi connectivity index (χ3n) is 5.50. The minimum Gasteiger partial charge on any atom is -0.450 e. The number of nitrogens with zero attached hydrogens (tertiary/aromatic N) is 1. The summed E-state index contributed by atoms with van der Waals surface area (Å²) in [5.74, 6) is 1.60. The lowest BCUT2D eigenvalue weighted by molar-refractivity contribution is -0.0302. The first kappa shape index (κ1) is 18.5. The van der Waals surface area contributed by atoms with Gasteiger partial charge in [0.05, 0.1) is 25.4 Å². The van der Waals surface area contributed by atoms with Crippen LogP contribution < -0.4 is 5.73 Å². The number of ether oxygens (including phenoxy) is 2. The van der Waals surface area contributed by atoms with Crippen LogP contribution in [0.5, 0.6) is 0 Å². The van der Waals surface area contributed by atoms with Crippen LogP contribution in [0, 0.1) is 11.8 Å². The van der Waals surface area contributed by atoms with E-state index >= 15 is 0 Å². The van der Waals surface area contributed by atoms with E-state index in [9.17, 15) is 4.79 Å². The smallest absolute Gasteiger partial charge is 0.410 e. The average Bonchev–Trinajstić information content (AvgIpc) is 2.54. The highest BCUT2D eigenvalue weighted by Gasteiger charge is 2.34. The van der Waals surface area contributed by atoms with Crippen LogP contribution >= 0.6 is 0 Å². The first-order valence-electron chi connectivity index (χ1n) is 9.33. The Bertz CT molecular complexity index is 367. The van der Waals surface area contributed by atoms with Crippen LogP contribution in [0.15, 0.2) is 0 Å². The molecule has 1 heterocycles.